The molecule has 0 aromatic carbocycles. The van der Waals surface area contributed by atoms with E-state index in [1.807, 2.05) is 0 Å². The first-order valence-electron chi connectivity index (χ1n) is 7.34. The predicted octanol–water partition coefficient (Wildman–Crippen LogP) is 2.22. The Labute approximate surface area is 105 Å². The van der Waals surface area contributed by atoms with Gasteiger partial charge in [-0.15, -0.1) is 0 Å². The van der Waals surface area contributed by atoms with Crippen molar-refractivity contribution in [3.63, 3.8) is 0 Å². The van der Waals surface area contributed by atoms with Gasteiger partial charge in [-0.1, -0.05) is 32.1 Å². The van der Waals surface area contributed by atoms with Crippen LogP contribution in [0.5, 0.6) is 0 Å². The summed E-state index contributed by atoms with van der Waals surface area (Å²) in [5.41, 5.74) is 0. The number of nitrogens with one attached hydrogen (secondary N) is 2. The summed E-state index contributed by atoms with van der Waals surface area (Å²) in [5, 5.41) is 6.45. The maximum Gasteiger partial charge on any atom is 0.234 e. The number of amides is 1. The molecule has 0 spiro atoms. The fourth-order valence-electron chi connectivity index (χ4n) is 3.13. The van der Waals surface area contributed by atoms with Crippen molar-refractivity contribution < 1.29 is 4.79 Å². The molecule has 2 aliphatic rings. The second-order valence-electron chi connectivity index (χ2n) is 5.68. The third kappa shape index (κ3) is 4.66. The van der Waals surface area contributed by atoms with Gasteiger partial charge in [-0.3, -0.25) is 4.79 Å². The van der Waals surface area contributed by atoms with Crippen LogP contribution in [-0.2, 0) is 4.79 Å². The molecule has 1 amide bonds. The Morgan fingerprint density at radius 1 is 0.941 bits per heavy atom. The molecule has 0 radical (unpaired) electrons. The zero-order valence-electron chi connectivity index (χ0n) is 10.8. The summed E-state index contributed by atoms with van der Waals surface area (Å²) in [6.07, 6.45) is 11.7. The molecule has 98 valence electrons. The molecule has 2 fully saturated rings. The fourth-order valence-corrected chi connectivity index (χ4v) is 3.13. The Balaban J connectivity index is 1.53. The van der Waals surface area contributed by atoms with Gasteiger partial charge in [0.2, 0.25) is 5.91 Å². The van der Waals surface area contributed by atoms with Crippen molar-refractivity contribution in [2.75, 3.05) is 13.1 Å². The predicted molar refractivity (Wildman–Crippen MR) is 69.8 cm³/mol. The summed E-state index contributed by atoms with van der Waals surface area (Å²) in [4.78, 5) is 11.7. The molecule has 3 heteroatoms. The highest BCUT2D eigenvalue weighted by atomic mass is 16.1. The van der Waals surface area contributed by atoms with E-state index >= 15 is 0 Å². The van der Waals surface area contributed by atoms with Crippen molar-refractivity contribution >= 4 is 5.91 Å². The zero-order valence-corrected chi connectivity index (χ0v) is 10.8. The Morgan fingerprint density at radius 2 is 1.59 bits per heavy atom. The molecule has 0 aromatic rings. The van der Waals surface area contributed by atoms with E-state index < -0.39 is 0 Å². The highest BCUT2D eigenvalue weighted by Gasteiger charge is 2.17. The summed E-state index contributed by atoms with van der Waals surface area (Å²) >= 11 is 0. The van der Waals surface area contributed by atoms with Crippen LogP contribution in [0.4, 0.5) is 0 Å². The fraction of sp³-hybridized carbons (Fsp3) is 0.929. The molecule has 0 atom stereocenters. The maximum atomic E-state index is 11.7. The first-order chi connectivity index (χ1) is 8.34. The lowest BCUT2D eigenvalue weighted by molar-refractivity contribution is -0.121. The standard InChI is InChI=1S/C14H26N2O/c17-14(16-13-8-2-1-3-9-13)11-15-10-12-6-4-5-7-12/h12-13,15H,1-11H2,(H,16,17). The van der Waals surface area contributed by atoms with E-state index in [2.05, 4.69) is 10.6 Å². The largest absolute Gasteiger partial charge is 0.352 e. The third-order valence-corrected chi connectivity index (χ3v) is 4.16. The molecule has 3 nitrogen and oxygen atoms in total. The molecule has 0 aliphatic heterocycles. The molecule has 0 bridgehead atoms. The quantitative estimate of drug-likeness (QED) is 0.771. The molecule has 17 heavy (non-hydrogen) atoms. The minimum absolute atomic E-state index is 0.190. The summed E-state index contributed by atoms with van der Waals surface area (Å²) in [6, 6.07) is 0.449. The molecule has 2 rings (SSSR count). The lowest BCUT2D eigenvalue weighted by Crippen LogP contribution is -2.42. The molecule has 2 aliphatic carbocycles. The topological polar surface area (TPSA) is 41.1 Å². The number of rotatable bonds is 5. The van der Waals surface area contributed by atoms with Crippen LogP contribution in [0.3, 0.4) is 0 Å². The Morgan fingerprint density at radius 3 is 2.29 bits per heavy atom. The van der Waals surface area contributed by atoms with Gasteiger partial charge in [0.05, 0.1) is 6.54 Å². The van der Waals surface area contributed by atoms with Crippen molar-refractivity contribution in [1.82, 2.24) is 10.6 Å². The molecular formula is C14H26N2O. The molecule has 0 saturated heterocycles. The van der Waals surface area contributed by atoms with Gasteiger partial charge in [-0.05, 0) is 38.1 Å². The van der Waals surface area contributed by atoms with E-state index in [1.54, 1.807) is 0 Å². The van der Waals surface area contributed by atoms with Crippen LogP contribution in [0, 0.1) is 5.92 Å². The van der Waals surface area contributed by atoms with Crippen molar-refractivity contribution in [1.29, 1.82) is 0 Å². The normalized spacial score (nSPS) is 22.8. The monoisotopic (exact) mass is 238 g/mol. The van der Waals surface area contributed by atoms with E-state index in [0.717, 1.165) is 12.5 Å². The Bertz CT molecular complexity index is 230. The maximum absolute atomic E-state index is 11.7. The number of carbonyl (C=O) groups excluding carboxylic acids is 1. The van der Waals surface area contributed by atoms with Gasteiger partial charge in [0.15, 0.2) is 0 Å². The van der Waals surface area contributed by atoms with E-state index in [-0.39, 0.29) is 5.91 Å². The van der Waals surface area contributed by atoms with Gasteiger partial charge < -0.3 is 10.6 Å². The van der Waals surface area contributed by atoms with Crippen LogP contribution in [0.15, 0.2) is 0 Å². The van der Waals surface area contributed by atoms with Crippen LogP contribution >= 0.6 is 0 Å². The first-order valence-corrected chi connectivity index (χ1v) is 7.34. The molecule has 0 aromatic heterocycles. The average molecular weight is 238 g/mol. The van der Waals surface area contributed by atoms with Gasteiger partial charge >= 0.3 is 0 Å². The van der Waals surface area contributed by atoms with E-state index in [4.69, 9.17) is 0 Å². The van der Waals surface area contributed by atoms with Crippen LogP contribution in [0.25, 0.3) is 0 Å². The minimum atomic E-state index is 0.190. The summed E-state index contributed by atoms with van der Waals surface area (Å²) in [7, 11) is 0. The van der Waals surface area contributed by atoms with Crippen molar-refractivity contribution in [3.05, 3.63) is 0 Å². The van der Waals surface area contributed by atoms with Crippen LogP contribution in [0.1, 0.15) is 57.8 Å². The number of hydrogen-bond acceptors (Lipinski definition) is 2. The number of carbonyl (C=O) groups is 1. The second-order valence-corrected chi connectivity index (χ2v) is 5.68. The zero-order chi connectivity index (χ0) is 11.9. The van der Waals surface area contributed by atoms with Crippen molar-refractivity contribution in [2.45, 2.75) is 63.8 Å². The SMILES string of the molecule is O=C(CNCC1CCCC1)NC1CCCCC1. The van der Waals surface area contributed by atoms with E-state index in [0.29, 0.717) is 12.6 Å². The third-order valence-electron chi connectivity index (χ3n) is 4.16. The highest BCUT2D eigenvalue weighted by molar-refractivity contribution is 5.78. The van der Waals surface area contributed by atoms with Crippen LogP contribution < -0.4 is 10.6 Å². The first kappa shape index (κ1) is 12.9. The summed E-state index contributed by atoms with van der Waals surface area (Å²) in [5.74, 6) is 1.01. The van der Waals surface area contributed by atoms with Gasteiger partial charge in [-0.25, -0.2) is 0 Å². The van der Waals surface area contributed by atoms with Crippen molar-refractivity contribution in [2.24, 2.45) is 5.92 Å². The van der Waals surface area contributed by atoms with Crippen LogP contribution in [-0.4, -0.2) is 25.0 Å². The van der Waals surface area contributed by atoms with E-state index in [9.17, 15) is 4.79 Å². The molecular weight excluding hydrogens is 212 g/mol. The van der Waals surface area contributed by atoms with Gasteiger partial charge in [0, 0.05) is 6.04 Å². The lowest BCUT2D eigenvalue weighted by Gasteiger charge is -2.23. The second kappa shape index (κ2) is 7.00. The molecule has 2 saturated carbocycles. The van der Waals surface area contributed by atoms with Gasteiger partial charge in [0.25, 0.3) is 0 Å². The Hall–Kier alpha value is -0.570. The lowest BCUT2D eigenvalue weighted by atomic mass is 9.95. The van der Waals surface area contributed by atoms with Crippen molar-refractivity contribution in [3.8, 4) is 0 Å². The molecule has 0 unspecified atom stereocenters. The minimum Gasteiger partial charge on any atom is -0.352 e. The molecule has 0 heterocycles. The Kier molecular flexibility index (Phi) is 5.30. The summed E-state index contributed by atoms with van der Waals surface area (Å²) < 4.78 is 0. The van der Waals surface area contributed by atoms with Gasteiger partial charge in [-0.2, -0.15) is 0 Å². The van der Waals surface area contributed by atoms with Crippen LogP contribution in [0.2, 0.25) is 0 Å². The molecule has 2 N–H and O–H groups in total. The average Bonchev–Trinajstić information content (AvgIpc) is 2.83. The van der Waals surface area contributed by atoms with Gasteiger partial charge in [0.1, 0.15) is 0 Å². The summed E-state index contributed by atoms with van der Waals surface area (Å²) in [6.45, 7) is 1.53. The van der Waals surface area contributed by atoms with E-state index in [1.165, 1.54) is 57.8 Å². The smallest absolute Gasteiger partial charge is 0.234 e. The number of hydrogen-bond donors (Lipinski definition) is 2. The highest BCUT2D eigenvalue weighted by Crippen LogP contribution is 2.23.